The summed E-state index contributed by atoms with van der Waals surface area (Å²) in [7, 11) is 1.64. The van der Waals surface area contributed by atoms with Gasteiger partial charge in [-0.3, -0.25) is 9.63 Å². The minimum atomic E-state index is -0.570. The number of pyridine rings is 2. The van der Waals surface area contributed by atoms with Crippen LogP contribution in [0.25, 0.3) is 16.9 Å². The number of halogens is 1. The number of ketones is 1. The van der Waals surface area contributed by atoms with Gasteiger partial charge in [0.15, 0.2) is 0 Å². The van der Waals surface area contributed by atoms with Gasteiger partial charge in [0.25, 0.3) is 0 Å². The number of aromatic nitrogens is 4. The fraction of sp³-hybridized carbons (Fsp3) is 0.394. The number of rotatable bonds is 11. The van der Waals surface area contributed by atoms with E-state index in [9.17, 15) is 9.18 Å². The number of methoxy groups -OCH3 is 1. The molecule has 2 fully saturated rings. The van der Waals surface area contributed by atoms with Gasteiger partial charge in [0.2, 0.25) is 5.95 Å². The molecule has 2 aliphatic rings. The zero-order chi connectivity index (χ0) is 29.8. The topological polar surface area (TPSA) is 85.6 Å². The lowest BCUT2D eigenvalue weighted by molar-refractivity contribution is -0.155. The van der Waals surface area contributed by atoms with Crippen molar-refractivity contribution in [3.63, 3.8) is 0 Å². The molecule has 43 heavy (non-hydrogen) atoms. The Bertz CT molecular complexity index is 1540. The van der Waals surface area contributed by atoms with E-state index in [1.54, 1.807) is 18.2 Å². The fourth-order valence-electron chi connectivity index (χ4n) is 6.09. The lowest BCUT2D eigenvalue weighted by Gasteiger charge is -2.17. The monoisotopic (exact) mass is 584 g/mol. The fourth-order valence-corrected chi connectivity index (χ4v) is 6.09. The Kier molecular flexibility index (Phi) is 8.87. The zero-order valence-electron chi connectivity index (χ0n) is 24.7. The third-order valence-electron chi connectivity index (χ3n) is 8.30. The van der Waals surface area contributed by atoms with Crippen LogP contribution in [0, 0.1) is 18.8 Å². The van der Waals surface area contributed by atoms with Crippen molar-refractivity contribution in [2.75, 3.05) is 44.8 Å². The van der Waals surface area contributed by atoms with E-state index < -0.39 is 12.1 Å². The van der Waals surface area contributed by atoms with Crippen molar-refractivity contribution in [1.29, 1.82) is 0 Å². The van der Waals surface area contributed by atoms with Crippen LogP contribution in [0.1, 0.15) is 42.2 Å². The number of Topliss-reactive ketones (excluding diaryl/α,β-unsaturated/α-hetero) is 1. The number of hydrogen-bond donors (Lipinski definition) is 0. The van der Waals surface area contributed by atoms with Crippen molar-refractivity contribution in [2.24, 2.45) is 5.92 Å². The zero-order valence-corrected chi connectivity index (χ0v) is 24.7. The Hall–Kier alpha value is -3.99. The highest BCUT2D eigenvalue weighted by Crippen LogP contribution is 2.37. The van der Waals surface area contributed by atoms with E-state index in [0.717, 1.165) is 47.1 Å². The first-order chi connectivity index (χ1) is 21.0. The van der Waals surface area contributed by atoms with Gasteiger partial charge in [0.05, 0.1) is 23.7 Å². The SMILES string of the molecule is COCCN1C[C@@H](CC(=O)Cc2c(C)c(-c3ccc(N4CCCC4)nc3)nn2-c2ccccc2)[C@H](c2ccnc(F)c2)O1. The van der Waals surface area contributed by atoms with Gasteiger partial charge < -0.3 is 9.64 Å². The van der Waals surface area contributed by atoms with E-state index in [2.05, 4.69) is 22.0 Å². The third-order valence-corrected chi connectivity index (χ3v) is 8.30. The molecule has 10 heteroatoms. The highest BCUT2D eigenvalue weighted by Gasteiger charge is 2.37. The lowest BCUT2D eigenvalue weighted by atomic mass is 9.91. The van der Waals surface area contributed by atoms with Crippen LogP contribution in [0.4, 0.5) is 10.2 Å². The highest BCUT2D eigenvalue weighted by atomic mass is 19.1. The van der Waals surface area contributed by atoms with Crippen molar-refractivity contribution in [2.45, 2.75) is 38.7 Å². The van der Waals surface area contributed by atoms with Crippen LogP contribution in [0.3, 0.4) is 0 Å². The second-order valence-corrected chi connectivity index (χ2v) is 11.3. The van der Waals surface area contributed by atoms with E-state index >= 15 is 0 Å². The molecule has 1 aromatic carbocycles. The molecule has 2 aliphatic heterocycles. The average Bonchev–Trinajstić information content (AvgIpc) is 3.77. The molecule has 3 aromatic heterocycles. The highest BCUT2D eigenvalue weighted by molar-refractivity contribution is 5.82. The Balaban J connectivity index is 1.26. The van der Waals surface area contributed by atoms with Gasteiger partial charge in [-0.15, -0.1) is 0 Å². The number of para-hydroxylation sites is 1. The van der Waals surface area contributed by atoms with Crippen molar-refractivity contribution in [1.82, 2.24) is 24.8 Å². The molecule has 2 atom stereocenters. The molecule has 9 nitrogen and oxygen atoms in total. The summed E-state index contributed by atoms with van der Waals surface area (Å²) < 4.78 is 21.1. The predicted octanol–water partition coefficient (Wildman–Crippen LogP) is 5.13. The molecular formula is C33H37FN6O3. The summed E-state index contributed by atoms with van der Waals surface area (Å²) >= 11 is 0. The molecule has 4 aromatic rings. The quantitative estimate of drug-likeness (QED) is 0.225. The number of benzene rings is 1. The molecule has 0 radical (unpaired) electrons. The summed E-state index contributed by atoms with van der Waals surface area (Å²) in [6, 6.07) is 17.1. The summed E-state index contributed by atoms with van der Waals surface area (Å²) in [4.78, 5) is 30.7. The second kappa shape index (κ2) is 13.1. The number of carbonyl (C=O) groups is 1. The number of hydrogen-bond acceptors (Lipinski definition) is 8. The van der Waals surface area contributed by atoms with Crippen molar-refractivity contribution >= 4 is 11.6 Å². The lowest BCUT2D eigenvalue weighted by Crippen LogP contribution is -2.24. The third kappa shape index (κ3) is 6.51. The molecule has 5 heterocycles. The molecule has 0 aliphatic carbocycles. The van der Waals surface area contributed by atoms with Gasteiger partial charge in [-0.05, 0) is 67.3 Å². The van der Waals surface area contributed by atoms with Crippen LogP contribution >= 0.6 is 0 Å². The minimum absolute atomic E-state index is 0.0657. The molecule has 0 saturated carbocycles. The number of ether oxygens (including phenoxy) is 1. The Labute approximate surface area is 251 Å². The molecule has 0 amide bonds. The Morgan fingerprint density at radius 2 is 1.91 bits per heavy atom. The van der Waals surface area contributed by atoms with E-state index in [1.165, 1.54) is 25.1 Å². The summed E-state index contributed by atoms with van der Waals surface area (Å²) in [6.45, 7) is 5.68. The van der Waals surface area contributed by atoms with Gasteiger partial charge in [0, 0.05) is 70.0 Å². The summed E-state index contributed by atoms with van der Waals surface area (Å²) in [6.07, 6.45) is 5.74. The molecular weight excluding hydrogens is 547 g/mol. The molecule has 224 valence electrons. The number of nitrogens with zero attached hydrogens (tertiary/aromatic N) is 6. The van der Waals surface area contributed by atoms with Crippen LogP contribution in [-0.2, 0) is 20.8 Å². The van der Waals surface area contributed by atoms with Crippen LogP contribution in [0.15, 0.2) is 67.0 Å². The first-order valence-corrected chi connectivity index (χ1v) is 14.9. The first-order valence-electron chi connectivity index (χ1n) is 14.9. The number of hydroxylamine groups is 2. The van der Waals surface area contributed by atoms with Crippen molar-refractivity contribution < 1.29 is 18.8 Å². The minimum Gasteiger partial charge on any atom is -0.383 e. The van der Waals surface area contributed by atoms with E-state index in [-0.39, 0.29) is 24.5 Å². The van der Waals surface area contributed by atoms with Crippen LogP contribution in [0.5, 0.6) is 0 Å². The molecule has 6 rings (SSSR count). The predicted molar refractivity (Wildman–Crippen MR) is 161 cm³/mol. The first kappa shape index (κ1) is 29.1. The molecule has 0 unspecified atom stereocenters. The summed E-state index contributed by atoms with van der Waals surface area (Å²) in [5, 5.41) is 6.80. The van der Waals surface area contributed by atoms with Crippen molar-refractivity contribution in [3.05, 3.63) is 89.8 Å². The Morgan fingerprint density at radius 3 is 2.63 bits per heavy atom. The van der Waals surface area contributed by atoms with E-state index in [1.807, 2.05) is 48.1 Å². The van der Waals surface area contributed by atoms with Gasteiger partial charge in [0.1, 0.15) is 17.7 Å². The molecule has 0 N–H and O–H groups in total. The van der Waals surface area contributed by atoms with Gasteiger partial charge >= 0.3 is 0 Å². The van der Waals surface area contributed by atoms with Crippen LogP contribution < -0.4 is 4.90 Å². The van der Waals surface area contributed by atoms with Gasteiger partial charge in [-0.1, -0.05) is 18.2 Å². The maximum atomic E-state index is 14.0. The summed E-state index contributed by atoms with van der Waals surface area (Å²) in [5.41, 5.74) is 5.08. The summed E-state index contributed by atoms with van der Waals surface area (Å²) in [5.74, 6) is 0.329. The van der Waals surface area contributed by atoms with E-state index in [0.29, 0.717) is 25.3 Å². The number of carbonyl (C=O) groups excluding carboxylic acids is 1. The van der Waals surface area contributed by atoms with Gasteiger partial charge in [-0.25, -0.2) is 14.6 Å². The smallest absolute Gasteiger partial charge is 0.213 e. The number of anilines is 1. The van der Waals surface area contributed by atoms with Crippen LogP contribution in [0.2, 0.25) is 0 Å². The van der Waals surface area contributed by atoms with Gasteiger partial charge in [-0.2, -0.15) is 14.6 Å². The van der Waals surface area contributed by atoms with E-state index in [4.69, 9.17) is 19.7 Å². The Morgan fingerprint density at radius 1 is 1.09 bits per heavy atom. The molecule has 0 spiro atoms. The van der Waals surface area contributed by atoms with Crippen molar-refractivity contribution in [3.8, 4) is 16.9 Å². The molecule has 0 bridgehead atoms. The second-order valence-electron chi connectivity index (χ2n) is 11.3. The maximum absolute atomic E-state index is 14.0. The maximum Gasteiger partial charge on any atom is 0.213 e. The molecule has 2 saturated heterocycles. The average molecular weight is 585 g/mol. The normalized spacial score (nSPS) is 18.9. The standard InChI is InChI=1S/C33H37FN6O3/c1-23-29(20-28(41)18-26-22-39(16-17-42-2)43-33(26)24-12-13-35-30(34)19-24)40(27-8-4-3-5-9-27)37-32(23)25-10-11-31(36-21-25)38-14-6-7-15-38/h3-5,8-13,19,21,26,33H,6-7,14-18,20,22H2,1-2H3/t26-,33+/m1/s1. The van der Waals surface area contributed by atoms with Crippen LogP contribution in [-0.4, -0.2) is 70.5 Å². The largest absolute Gasteiger partial charge is 0.383 e.